The molecule has 1 saturated heterocycles. The smallest absolute Gasteiger partial charge is 0.449 e. The SMILES string of the molecule is CO/N=C(\C(=O)N[C@@H]1C(=O)N2C(OC(=O)O)=C(COC(=O)NCCCC(O)(P(=O)(O)O)P(=O)(O)O)CS[C@@H]12)c1csc(N)n1. The van der Waals surface area contributed by atoms with Gasteiger partial charge in [0.1, 0.15) is 30.8 Å². The number of nitrogens with two attached hydrogens (primary N) is 1. The first kappa shape index (κ1) is 35.2. The van der Waals surface area contributed by atoms with Crippen LogP contribution < -0.4 is 16.4 Å². The van der Waals surface area contributed by atoms with Gasteiger partial charge in [-0.2, -0.15) is 0 Å². The highest BCUT2D eigenvalue weighted by Gasteiger charge is 2.58. The third-order valence-electron chi connectivity index (χ3n) is 5.89. The molecular weight excluding hydrogens is 678 g/mol. The van der Waals surface area contributed by atoms with Crippen molar-refractivity contribution in [3.05, 3.63) is 22.5 Å². The lowest BCUT2D eigenvalue weighted by Crippen LogP contribution is -2.70. The summed E-state index contributed by atoms with van der Waals surface area (Å²) in [6.45, 7) is -1.02. The van der Waals surface area contributed by atoms with Crippen molar-refractivity contribution >= 4 is 73.2 Å². The van der Waals surface area contributed by atoms with E-state index in [0.717, 1.165) is 28.0 Å². The number of aliphatic hydroxyl groups is 1. The molecule has 0 aromatic carbocycles. The first-order valence-electron chi connectivity index (χ1n) is 11.9. The molecule has 1 aromatic rings. The number of aromatic nitrogens is 1. The van der Waals surface area contributed by atoms with Crippen molar-refractivity contribution in [1.82, 2.24) is 20.5 Å². The molecule has 3 heterocycles. The van der Waals surface area contributed by atoms with Crippen LogP contribution in [0.15, 0.2) is 22.0 Å². The van der Waals surface area contributed by atoms with E-state index < -0.39 is 87.6 Å². The molecule has 2 atom stereocenters. The van der Waals surface area contributed by atoms with Crippen molar-refractivity contribution < 1.29 is 72.4 Å². The molecule has 3 amide bonds. The van der Waals surface area contributed by atoms with Crippen LogP contribution >= 0.6 is 38.3 Å². The first-order valence-corrected chi connectivity index (χ1v) is 17.0. The number of nitrogens with zero attached hydrogens (tertiary/aromatic N) is 3. The number of hydrogen-bond acceptors (Lipinski definition) is 15. The third-order valence-corrected chi connectivity index (χ3v) is 11.8. The van der Waals surface area contributed by atoms with E-state index in [-0.39, 0.29) is 27.9 Å². The standard InChI is InChI=1S/C19H26N6O15P2S2/c1-38-24-10(9-7-44-16(20)22-9)12(26)23-11-13(27)25-14(40-18(29)30)8(6-43-15(11)25)5-39-17(28)21-4-2-3-19(31,41(32,33)34)42(35,36)37/h7,11,15,31H,2-6H2,1H3,(H2,20,22)(H,21,28)(H,23,26)(H,29,30)(H2,32,33,34)(H2,35,36,37)/b24-10-/t11-,15+/m1/s1. The van der Waals surface area contributed by atoms with E-state index >= 15 is 0 Å². The van der Waals surface area contributed by atoms with Crippen LogP contribution in [0.1, 0.15) is 18.5 Å². The summed E-state index contributed by atoms with van der Waals surface area (Å²) in [4.78, 5) is 95.4. The Balaban J connectivity index is 1.62. The quantitative estimate of drug-likeness (QED) is 0.0293. The molecule has 0 aliphatic carbocycles. The summed E-state index contributed by atoms with van der Waals surface area (Å²) in [6, 6.07) is -1.14. The van der Waals surface area contributed by atoms with Crippen LogP contribution in [0.3, 0.4) is 0 Å². The number of nitrogen functional groups attached to an aromatic ring is 1. The number of anilines is 1. The number of thiazole rings is 1. The van der Waals surface area contributed by atoms with Crippen molar-refractivity contribution in [3.8, 4) is 0 Å². The molecule has 0 spiro atoms. The molecule has 0 saturated carbocycles. The van der Waals surface area contributed by atoms with Crippen molar-refractivity contribution in [2.45, 2.75) is 29.3 Å². The number of β-lactam (4-membered cyclic amide) rings is 1. The normalized spacial score (nSPS) is 19.1. The molecule has 0 unspecified atom stereocenters. The number of ether oxygens (including phenoxy) is 2. The van der Waals surface area contributed by atoms with Gasteiger partial charge >= 0.3 is 27.4 Å². The molecule has 2 aliphatic heterocycles. The molecule has 1 aromatic heterocycles. The average Bonchev–Trinajstić information content (AvgIpc) is 3.35. The molecule has 244 valence electrons. The highest BCUT2D eigenvalue weighted by molar-refractivity contribution is 8.00. The van der Waals surface area contributed by atoms with E-state index in [9.17, 15) is 38.5 Å². The predicted molar refractivity (Wildman–Crippen MR) is 149 cm³/mol. The molecule has 1 fully saturated rings. The fraction of sp³-hybridized carbons (Fsp3) is 0.474. The zero-order chi connectivity index (χ0) is 33.0. The van der Waals surface area contributed by atoms with Gasteiger partial charge in [0.2, 0.25) is 5.88 Å². The topological polar surface area (TPSA) is 330 Å². The van der Waals surface area contributed by atoms with E-state index in [2.05, 4.69) is 25.6 Å². The van der Waals surface area contributed by atoms with E-state index in [0.29, 0.717) is 0 Å². The van der Waals surface area contributed by atoms with Gasteiger partial charge in [0, 0.05) is 29.7 Å². The summed E-state index contributed by atoms with van der Waals surface area (Å²) >= 11 is 2.12. The summed E-state index contributed by atoms with van der Waals surface area (Å²) < 4.78 is 32.5. The number of thioether (sulfide) groups is 1. The third kappa shape index (κ3) is 7.68. The molecule has 25 heteroatoms. The van der Waals surface area contributed by atoms with Crippen LogP contribution in [0.4, 0.5) is 14.7 Å². The van der Waals surface area contributed by atoms with Crippen molar-refractivity contribution in [1.29, 1.82) is 0 Å². The molecule has 10 N–H and O–H groups in total. The van der Waals surface area contributed by atoms with E-state index in [1.807, 2.05) is 0 Å². The minimum atomic E-state index is -5.66. The highest BCUT2D eigenvalue weighted by Crippen LogP contribution is 2.69. The van der Waals surface area contributed by atoms with E-state index in [4.69, 9.17) is 34.8 Å². The summed E-state index contributed by atoms with van der Waals surface area (Å²) in [7, 11) is -10.1. The molecule has 0 radical (unpaired) electrons. The number of alkyl carbamates (subject to hydrolysis) is 1. The lowest BCUT2D eigenvalue weighted by atomic mass is 10.1. The number of oxime groups is 1. The first-order chi connectivity index (χ1) is 20.4. The number of rotatable bonds is 13. The molecule has 0 bridgehead atoms. The van der Waals surface area contributed by atoms with Crippen LogP contribution in [0.2, 0.25) is 0 Å². The summed E-state index contributed by atoms with van der Waals surface area (Å²) in [5, 5.41) is 24.4. The maximum atomic E-state index is 13.0. The largest absolute Gasteiger partial charge is 0.512 e. The fourth-order valence-electron chi connectivity index (χ4n) is 3.79. The molecule has 44 heavy (non-hydrogen) atoms. The van der Waals surface area contributed by atoms with Gasteiger partial charge in [0.05, 0.1) is 0 Å². The zero-order valence-electron chi connectivity index (χ0n) is 22.3. The van der Waals surface area contributed by atoms with Crippen LogP contribution in [0.5, 0.6) is 0 Å². The maximum Gasteiger partial charge on any atom is 0.512 e. The second kappa shape index (κ2) is 13.8. The second-order valence-corrected chi connectivity index (χ2v) is 14.8. The van der Waals surface area contributed by atoms with Gasteiger partial charge in [0.25, 0.3) is 16.9 Å². The minimum Gasteiger partial charge on any atom is -0.449 e. The second-order valence-electron chi connectivity index (χ2n) is 8.80. The number of amides is 3. The van der Waals surface area contributed by atoms with Crippen LogP contribution in [-0.4, -0.2) is 112 Å². The average molecular weight is 705 g/mol. The minimum absolute atomic E-state index is 0.0179. The number of fused-ring (bicyclic) bond motifs is 1. The number of hydrogen-bond donors (Lipinski definition) is 9. The number of carbonyl (C=O) groups is 4. The highest BCUT2D eigenvalue weighted by atomic mass is 32.2. The maximum absolute atomic E-state index is 13.0. The molecule has 3 rings (SSSR count). The van der Waals surface area contributed by atoms with Gasteiger partial charge in [-0.05, 0) is 6.42 Å². The van der Waals surface area contributed by atoms with Crippen molar-refractivity contribution in [2.24, 2.45) is 5.16 Å². The Bertz CT molecular complexity index is 1450. The van der Waals surface area contributed by atoms with E-state index in [1.54, 1.807) is 0 Å². The van der Waals surface area contributed by atoms with Crippen LogP contribution in [0, 0.1) is 0 Å². The summed E-state index contributed by atoms with van der Waals surface area (Å²) in [5.41, 5.74) is 5.48. The van der Waals surface area contributed by atoms with Gasteiger partial charge < -0.3 is 60.5 Å². The Labute approximate surface area is 254 Å². The van der Waals surface area contributed by atoms with Gasteiger partial charge in [-0.1, -0.05) is 5.16 Å². The van der Waals surface area contributed by atoms with Gasteiger partial charge in [0.15, 0.2) is 10.8 Å². The van der Waals surface area contributed by atoms with Crippen molar-refractivity contribution in [3.63, 3.8) is 0 Å². The Morgan fingerprint density at radius 1 is 1.25 bits per heavy atom. The number of carbonyl (C=O) groups excluding carboxylic acids is 3. The van der Waals surface area contributed by atoms with Crippen molar-refractivity contribution in [2.75, 3.05) is 31.7 Å². The fourth-order valence-corrected chi connectivity index (χ4v) is 7.90. The summed E-state index contributed by atoms with van der Waals surface area (Å²) in [6.07, 6.45) is -4.49. The number of nitrogens with one attached hydrogen (secondary N) is 2. The zero-order valence-corrected chi connectivity index (χ0v) is 25.7. The monoisotopic (exact) mass is 704 g/mol. The lowest BCUT2D eigenvalue weighted by molar-refractivity contribution is -0.148. The Kier molecular flexibility index (Phi) is 11.0. The van der Waals surface area contributed by atoms with Gasteiger partial charge in [-0.3, -0.25) is 23.6 Å². The van der Waals surface area contributed by atoms with Gasteiger partial charge in [-0.25, -0.2) is 14.6 Å². The molecule has 21 nitrogen and oxygen atoms in total. The predicted octanol–water partition coefficient (Wildman–Crippen LogP) is -1.11. The van der Waals surface area contributed by atoms with Gasteiger partial charge in [-0.15, -0.1) is 23.1 Å². The molecular formula is C19H26N6O15P2S2. The number of carboxylic acid groups (broad SMARTS) is 1. The Morgan fingerprint density at radius 3 is 2.45 bits per heavy atom. The van der Waals surface area contributed by atoms with Crippen LogP contribution in [0.25, 0.3) is 0 Å². The Hall–Kier alpha value is -3.27. The van der Waals surface area contributed by atoms with E-state index in [1.165, 1.54) is 12.5 Å². The lowest BCUT2D eigenvalue weighted by Gasteiger charge is -2.49. The summed E-state index contributed by atoms with van der Waals surface area (Å²) in [5.74, 6) is -2.05. The Morgan fingerprint density at radius 2 is 1.91 bits per heavy atom. The van der Waals surface area contributed by atoms with Crippen LogP contribution in [-0.2, 0) is 33.0 Å². The molecule has 2 aliphatic rings.